The molecule has 1 aromatic rings. The molecule has 2 amide bonds. The SMILES string of the molecule is CC(CN)(NC(=O)c1ccc(CNC(=O)C2CCCC2)cc1)C1CC1. The molecule has 0 saturated heterocycles. The van der Waals surface area contributed by atoms with Crippen LogP contribution in [0.5, 0.6) is 0 Å². The summed E-state index contributed by atoms with van der Waals surface area (Å²) in [5, 5.41) is 6.10. The number of rotatable bonds is 7. The zero-order valence-electron chi connectivity index (χ0n) is 15.0. The number of hydrogen-bond acceptors (Lipinski definition) is 3. The predicted molar refractivity (Wildman–Crippen MR) is 97.9 cm³/mol. The molecule has 0 bridgehead atoms. The normalized spacial score (nSPS) is 20.1. The van der Waals surface area contributed by atoms with Crippen LogP contribution in [0.15, 0.2) is 24.3 Å². The van der Waals surface area contributed by atoms with Crippen molar-refractivity contribution in [2.75, 3.05) is 6.54 Å². The second kappa shape index (κ2) is 7.56. The minimum atomic E-state index is -0.314. The Morgan fingerprint density at radius 3 is 2.32 bits per heavy atom. The molecule has 2 saturated carbocycles. The summed E-state index contributed by atoms with van der Waals surface area (Å²) in [5.74, 6) is 0.747. The number of benzene rings is 1. The molecule has 0 aliphatic heterocycles. The molecule has 1 aromatic carbocycles. The first-order valence-electron chi connectivity index (χ1n) is 9.41. The molecule has 5 nitrogen and oxygen atoms in total. The Morgan fingerprint density at radius 2 is 1.76 bits per heavy atom. The lowest BCUT2D eigenvalue weighted by atomic mass is 9.95. The van der Waals surface area contributed by atoms with Gasteiger partial charge < -0.3 is 16.4 Å². The van der Waals surface area contributed by atoms with Gasteiger partial charge in [-0.2, -0.15) is 0 Å². The lowest BCUT2D eigenvalue weighted by Gasteiger charge is -2.29. The molecule has 0 heterocycles. The van der Waals surface area contributed by atoms with Crippen LogP contribution in [-0.4, -0.2) is 23.9 Å². The summed E-state index contributed by atoms with van der Waals surface area (Å²) < 4.78 is 0. The van der Waals surface area contributed by atoms with Gasteiger partial charge in [-0.15, -0.1) is 0 Å². The van der Waals surface area contributed by atoms with E-state index >= 15 is 0 Å². The minimum absolute atomic E-state index is 0.0820. The van der Waals surface area contributed by atoms with Gasteiger partial charge in [-0.25, -0.2) is 0 Å². The molecule has 25 heavy (non-hydrogen) atoms. The van der Waals surface area contributed by atoms with Crippen molar-refractivity contribution in [2.45, 2.75) is 57.5 Å². The first-order valence-corrected chi connectivity index (χ1v) is 9.41. The molecule has 0 spiro atoms. The number of carbonyl (C=O) groups excluding carboxylic acids is 2. The first-order chi connectivity index (χ1) is 12.0. The van der Waals surface area contributed by atoms with E-state index in [0.29, 0.717) is 24.6 Å². The predicted octanol–water partition coefficient (Wildman–Crippen LogP) is 2.35. The van der Waals surface area contributed by atoms with Crippen molar-refractivity contribution in [1.29, 1.82) is 0 Å². The highest BCUT2D eigenvalue weighted by molar-refractivity contribution is 5.94. The molecule has 1 atom stereocenters. The molecule has 0 aromatic heterocycles. The standard InChI is InChI=1S/C20H29N3O2/c1-20(13-21,17-10-11-17)23-19(25)16-8-6-14(7-9-16)12-22-18(24)15-4-2-3-5-15/h6-9,15,17H,2-5,10-13,21H2,1H3,(H,22,24)(H,23,25). The van der Waals surface area contributed by atoms with Crippen LogP contribution in [-0.2, 0) is 11.3 Å². The van der Waals surface area contributed by atoms with Crippen molar-refractivity contribution in [3.05, 3.63) is 35.4 Å². The van der Waals surface area contributed by atoms with Gasteiger partial charge in [-0.05, 0) is 56.2 Å². The quantitative estimate of drug-likeness (QED) is 0.710. The Bertz CT molecular complexity index is 618. The van der Waals surface area contributed by atoms with E-state index < -0.39 is 0 Å². The molecule has 3 rings (SSSR count). The second-order valence-electron chi connectivity index (χ2n) is 7.75. The third-order valence-corrected chi connectivity index (χ3v) is 5.71. The van der Waals surface area contributed by atoms with Crippen molar-refractivity contribution in [1.82, 2.24) is 10.6 Å². The van der Waals surface area contributed by atoms with Gasteiger partial charge in [0.25, 0.3) is 5.91 Å². The number of nitrogens with one attached hydrogen (secondary N) is 2. The Morgan fingerprint density at radius 1 is 1.12 bits per heavy atom. The molecule has 2 aliphatic carbocycles. The van der Waals surface area contributed by atoms with Crippen molar-refractivity contribution >= 4 is 11.8 Å². The van der Waals surface area contributed by atoms with E-state index in [9.17, 15) is 9.59 Å². The van der Waals surface area contributed by atoms with Crippen LogP contribution in [0.1, 0.15) is 61.4 Å². The fourth-order valence-corrected chi connectivity index (χ4v) is 3.67. The Kier molecular flexibility index (Phi) is 5.42. The third kappa shape index (κ3) is 4.40. The summed E-state index contributed by atoms with van der Waals surface area (Å²) in [6.45, 7) is 2.99. The Labute approximate surface area is 149 Å². The number of nitrogens with two attached hydrogens (primary N) is 1. The maximum Gasteiger partial charge on any atom is 0.251 e. The van der Waals surface area contributed by atoms with Gasteiger partial charge in [-0.3, -0.25) is 9.59 Å². The highest BCUT2D eigenvalue weighted by Crippen LogP contribution is 2.39. The largest absolute Gasteiger partial charge is 0.352 e. The molecular weight excluding hydrogens is 314 g/mol. The smallest absolute Gasteiger partial charge is 0.251 e. The van der Waals surface area contributed by atoms with Gasteiger partial charge in [0.1, 0.15) is 0 Å². The average Bonchev–Trinajstić information content (AvgIpc) is 3.35. The summed E-state index contributed by atoms with van der Waals surface area (Å²) in [6.07, 6.45) is 6.59. The summed E-state index contributed by atoms with van der Waals surface area (Å²) in [7, 11) is 0. The lowest BCUT2D eigenvalue weighted by molar-refractivity contribution is -0.124. The summed E-state index contributed by atoms with van der Waals surface area (Å²) in [4.78, 5) is 24.5. The van der Waals surface area contributed by atoms with Gasteiger partial charge >= 0.3 is 0 Å². The van der Waals surface area contributed by atoms with Crippen LogP contribution in [0.25, 0.3) is 0 Å². The van der Waals surface area contributed by atoms with Crippen LogP contribution in [0.3, 0.4) is 0 Å². The zero-order chi connectivity index (χ0) is 17.9. The maximum absolute atomic E-state index is 12.5. The van der Waals surface area contributed by atoms with Crippen molar-refractivity contribution in [3.8, 4) is 0 Å². The Hall–Kier alpha value is -1.88. The molecule has 136 valence electrons. The molecule has 2 fully saturated rings. The van der Waals surface area contributed by atoms with Gasteiger partial charge in [-0.1, -0.05) is 25.0 Å². The van der Waals surface area contributed by atoms with Crippen LogP contribution < -0.4 is 16.4 Å². The fourth-order valence-electron chi connectivity index (χ4n) is 3.67. The molecule has 4 N–H and O–H groups in total. The van der Waals surface area contributed by atoms with E-state index in [1.165, 1.54) is 0 Å². The van der Waals surface area contributed by atoms with Gasteiger partial charge in [0.2, 0.25) is 5.91 Å². The van der Waals surface area contributed by atoms with E-state index in [4.69, 9.17) is 5.73 Å². The van der Waals surface area contributed by atoms with E-state index in [2.05, 4.69) is 10.6 Å². The lowest BCUT2D eigenvalue weighted by Crippen LogP contribution is -2.53. The number of amides is 2. The maximum atomic E-state index is 12.5. The van der Waals surface area contributed by atoms with E-state index in [1.807, 2.05) is 31.2 Å². The number of hydrogen-bond donors (Lipinski definition) is 3. The zero-order valence-corrected chi connectivity index (χ0v) is 15.0. The van der Waals surface area contributed by atoms with Crippen LogP contribution in [0.2, 0.25) is 0 Å². The van der Waals surface area contributed by atoms with E-state index in [0.717, 1.165) is 44.1 Å². The molecular formula is C20H29N3O2. The summed E-state index contributed by atoms with van der Waals surface area (Å²) >= 11 is 0. The topological polar surface area (TPSA) is 84.2 Å². The van der Waals surface area contributed by atoms with E-state index in [1.54, 1.807) is 0 Å². The van der Waals surface area contributed by atoms with E-state index in [-0.39, 0.29) is 23.3 Å². The Balaban J connectivity index is 1.52. The highest BCUT2D eigenvalue weighted by atomic mass is 16.2. The third-order valence-electron chi connectivity index (χ3n) is 5.71. The van der Waals surface area contributed by atoms with Crippen molar-refractivity contribution in [2.24, 2.45) is 17.6 Å². The highest BCUT2D eigenvalue weighted by Gasteiger charge is 2.41. The first kappa shape index (κ1) is 17.9. The summed E-state index contributed by atoms with van der Waals surface area (Å²) in [5.41, 5.74) is 7.19. The average molecular weight is 343 g/mol. The number of carbonyl (C=O) groups is 2. The fraction of sp³-hybridized carbons (Fsp3) is 0.600. The van der Waals surface area contributed by atoms with Gasteiger partial charge in [0.15, 0.2) is 0 Å². The molecule has 2 aliphatic rings. The van der Waals surface area contributed by atoms with Crippen molar-refractivity contribution < 1.29 is 9.59 Å². The van der Waals surface area contributed by atoms with Crippen molar-refractivity contribution in [3.63, 3.8) is 0 Å². The van der Waals surface area contributed by atoms with Gasteiger partial charge in [0.05, 0.1) is 5.54 Å². The molecule has 1 unspecified atom stereocenters. The van der Waals surface area contributed by atoms with Crippen LogP contribution in [0, 0.1) is 11.8 Å². The second-order valence-corrected chi connectivity index (χ2v) is 7.75. The van der Waals surface area contributed by atoms with Crippen LogP contribution in [0.4, 0.5) is 0 Å². The van der Waals surface area contributed by atoms with Gasteiger partial charge in [0, 0.05) is 24.6 Å². The monoisotopic (exact) mass is 343 g/mol. The minimum Gasteiger partial charge on any atom is -0.352 e. The summed E-state index contributed by atoms with van der Waals surface area (Å²) in [6, 6.07) is 7.44. The molecule has 0 radical (unpaired) electrons. The van der Waals surface area contributed by atoms with Crippen LogP contribution >= 0.6 is 0 Å². The molecule has 5 heteroatoms.